The lowest BCUT2D eigenvalue weighted by Crippen LogP contribution is -2.39. The number of hydrogen-bond donors (Lipinski definition) is 0. The molecule has 0 radical (unpaired) electrons. The second-order valence-electron chi connectivity index (χ2n) is 4.84. The number of rotatable bonds is 3. The Morgan fingerprint density at radius 1 is 1.45 bits per heavy atom. The Morgan fingerprint density at radius 3 is 2.85 bits per heavy atom. The maximum Gasteiger partial charge on any atom is 0.244 e. The molecule has 2 aromatic heterocycles. The van der Waals surface area contributed by atoms with E-state index in [4.69, 9.17) is 4.52 Å². The van der Waals surface area contributed by atoms with E-state index in [1.807, 2.05) is 4.90 Å². The van der Waals surface area contributed by atoms with Crippen molar-refractivity contribution in [1.82, 2.24) is 35.2 Å². The first-order chi connectivity index (χ1) is 9.72. The van der Waals surface area contributed by atoms with E-state index in [0.29, 0.717) is 24.8 Å². The molecule has 3 rings (SSSR count). The minimum absolute atomic E-state index is 0.0254. The van der Waals surface area contributed by atoms with Crippen molar-refractivity contribution in [3.05, 3.63) is 18.0 Å². The molecule has 1 amide bonds. The molecular formula is C11H15N7O2. The summed E-state index contributed by atoms with van der Waals surface area (Å²) in [6.45, 7) is 3.36. The maximum atomic E-state index is 12.1. The monoisotopic (exact) mass is 277 g/mol. The zero-order valence-corrected chi connectivity index (χ0v) is 11.1. The quantitative estimate of drug-likeness (QED) is 0.763. The largest absolute Gasteiger partial charge is 0.341 e. The molecule has 0 N–H and O–H groups in total. The third-order valence-corrected chi connectivity index (χ3v) is 3.43. The average Bonchev–Trinajstić information content (AvgIpc) is 3.10. The van der Waals surface area contributed by atoms with E-state index in [1.54, 1.807) is 6.92 Å². The van der Waals surface area contributed by atoms with Gasteiger partial charge in [0.05, 0.1) is 0 Å². The van der Waals surface area contributed by atoms with E-state index in [2.05, 4.69) is 25.7 Å². The van der Waals surface area contributed by atoms with Crippen LogP contribution in [0.1, 0.15) is 30.5 Å². The molecule has 9 nitrogen and oxygen atoms in total. The molecule has 0 unspecified atom stereocenters. The summed E-state index contributed by atoms with van der Waals surface area (Å²) in [7, 11) is 0. The molecule has 0 saturated carbocycles. The molecule has 106 valence electrons. The van der Waals surface area contributed by atoms with Gasteiger partial charge in [-0.3, -0.25) is 4.79 Å². The van der Waals surface area contributed by atoms with Crippen molar-refractivity contribution in [2.24, 2.45) is 0 Å². The van der Waals surface area contributed by atoms with E-state index in [-0.39, 0.29) is 18.4 Å². The molecular weight excluding hydrogens is 262 g/mol. The van der Waals surface area contributed by atoms with Crippen LogP contribution < -0.4 is 0 Å². The topological polar surface area (TPSA) is 103 Å². The fraction of sp³-hybridized carbons (Fsp3) is 0.636. The summed E-state index contributed by atoms with van der Waals surface area (Å²) in [4.78, 5) is 18.1. The minimum atomic E-state index is 0.0254. The summed E-state index contributed by atoms with van der Waals surface area (Å²) >= 11 is 0. The Bertz CT molecular complexity index is 571. The highest BCUT2D eigenvalue weighted by molar-refractivity contribution is 5.75. The second kappa shape index (κ2) is 5.35. The van der Waals surface area contributed by atoms with Crippen molar-refractivity contribution in [3.8, 4) is 0 Å². The van der Waals surface area contributed by atoms with Gasteiger partial charge in [0.1, 0.15) is 12.9 Å². The van der Waals surface area contributed by atoms with Crippen LogP contribution in [0.25, 0.3) is 0 Å². The van der Waals surface area contributed by atoms with Gasteiger partial charge in [0, 0.05) is 19.0 Å². The van der Waals surface area contributed by atoms with Gasteiger partial charge < -0.3 is 9.42 Å². The normalized spacial score (nSPS) is 16.6. The van der Waals surface area contributed by atoms with Crippen LogP contribution in [0, 0.1) is 6.92 Å². The van der Waals surface area contributed by atoms with Crippen molar-refractivity contribution in [2.45, 2.75) is 32.2 Å². The first-order valence-electron chi connectivity index (χ1n) is 6.51. The molecule has 0 aromatic carbocycles. The summed E-state index contributed by atoms with van der Waals surface area (Å²) in [5.74, 6) is 1.60. The standard InChI is InChI=1S/C11H15N7O2/c1-8-13-11(20-14-8)9-2-4-17(5-3-9)10(19)6-18-7-12-15-16-18/h7,9H,2-6H2,1H3. The van der Waals surface area contributed by atoms with Gasteiger partial charge in [-0.15, -0.1) is 5.10 Å². The van der Waals surface area contributed by atoms with Crippen LogP contribution in [0.3, 0.4) is 0 Å². The lowest BCUT2D eigenvalue weighted by molar-refractivity contribution is -0.133. The molecule has 1 aliphatic heterocycles. The highest BCUT2D eigenvalue weighted by atomic mass is 16.5. The van der Waals surface area contributed by atoms with Gasteiger partial charge in [0.15, 0.2) is 5.82 Å². The third-order valence-electron chi connectivity index (χ3n) is 3.43. The van der Waals surface area contributed by atoms with E-state index in [1.165, 1.54) is 11.0 Å². The van der Waals surface area contributed by atoms with Crippen molar-refractivity contribution < 1.29 is 9.32 Å². The third kappa shape index (κ3) is 2.65. The molecule has 0 spiro atoms. The Morgan fingerprint density at radius 2 is 2.25 bits per heavy atom. The lowest BCUT2D eigenvalue weighted by Gasteiger charge is -2.30. The number of likely N-dealkylation sites (tertiary alicyclic amines) is 1. The van der Waals surface area contributed by atoms with E-state index in [0.717, 1.165) is 12.8 Å². The number of piperidine rings is 1. The summed E-state index contributed by atoms with van der Waals surface area (Å²) in [6.07, 6.45) is 3.11. The number of carbonyl (C=O) groups excluding carboxylic acids is 1. The van der Waals surface area contributed by atoms with Crippen LogP contribution in [0.5, 0.6) is 0 Å². The molecule has 3 heterocycles. The van der Waals surface area contributed by atoms with Crippen LogP contribution in [0.4, 0.5) is 0 Å². The molecule has 1 aliphatic rings. The molecule has 1 fully saturated rings. The molecule has 9 heteroatoms. The van der Waals surface area contributed by atoms with Crippen LogP contribution >= 0.6 is 0 Å². The molecule has 1 saturated heterocycles. The number of amides is 1. The summed E-state index contributed by atoms with van der Waals surface area (Å²) < 4.78 is 6.62. The van der Waals surface area contributed by atoms with E-state index >= 15 is 0 Å². The first kappa shape index (κ1) is 12.7. The molecule has 0 aliphatic carbocycles. The SMILES string of the molecule is Cc1noc(C2CCN(C(=O)Cn3cnnn3)CC2)n1. The summed E-state index contributed by atoms with van der Waals surface area (Å²) in [5.41, 5.74) is 0. The zero-order valence-electron chi connectivity index (χ0n) is 11.1. The number of tetrazole rings is 1. The predicted octanol–water partition coefficient (Wildman–Crippen LogP) is -0.229. The van der Waals surface area contributed by atoms with E-state index < -0.39 is 0 Å². The van der Waals surface area contributed by atoms with Crippen molar-refractivity contribution in [3.63, 3.8) is 0 Å². The van der Waals surface area contributed by atoms with Gasteiger partial charge >= 0.3 is 0 Å². The molecule has 0 atom stereocenters. The summed E-state index contributed by atoms with van der Waals surface area (Å²) in [5, 5.41) is 14.5. The van der Waals surface area contributed by atoms with E-state index in [9.17, 15) is 4.79 Å². The fourth-order valence-corrected chi connectivity index (χ4v) is 2.35. The maximum absolute atomic E-state index is 12.1. The van der Waals surface area contributed by atoms with Crippen molar-refractivity contribution in [1.29, 1.82) is 0 Å². The first-order valence-corrected chi connectivity index (χ1v) is 6.51. The van der Waals surface area contributed by atoms with Crippen LogP contribution in [-0.2, 0) is 11.3 Å². The van der Waals surface area contributed by atoms with Gasteiger partial charge in [-0.25, -0.2) is 4.68 Å². The Balaban J connectivity index is 1.54. The zero-order chi connectivity index (χ0) is 13.9. The molecule has 20 heavy (non-hydrogen) atoms. The average molecular weight is 277 g/mol. The van der Waals surface area contributed by atoms with Gasteiger partial charge in [-0.05, 0) is 30.2 Å². The Hall–Kier alpha value is -2.32. The fourth-order valence-electron chi connectivity index (χ4n) is 2.35. The number of nitrogens with zero attached hydrogens (tertiary/aromatic N) is 7. The second-order valence-corrected chi connectivity index (χ2v) is 4.84. The Kier molecular flexibility index (Phi) is 3.40. The predicted molar refractivity (Wildman–Crippen MR) is 65.4 cm³/mol. The van der Waals surface area contributed by atoms with Gasteiger partial charge in [0.25, 0.3) is 0 Å². The minimum Gasteiger partial charge on any atom is -0.341 e. The van der Waals surface area contributed by atoms with Gasteiger partial charge in [-0.2, -0.15) is 4.98 Å². The summed E-state index contributed by atoms with van der Waals surface area (Å²) in [6, 6.07) is 0. The van der Waals surface area contributed by atoms with Crippen LogP contribution in [-0.4, -0.2) is 54.2 Å². The number of aromatic nitrogens is 6. The Labute approximate surface area is 114 Å². The number of aryl methyl sites for hydroxylation is 1. The van der Waals surface area contributed by atoms with Gasteiger partial charge in [-0.1, -0.05) is 5.16 Å². The molecule has 0 bridgehead atoms. The van der Waals surface area contributed by atoms with Crippen LogP contribution in [0.15, 0.2) is 10.9 Å². The highest BCUT2D eigenvalue weighted by Gasteiger charge is 2.27. The van der Waals surface area contributed by atoms with Crippen molar-refractivity contribution >= 4 is 5.91 Å². The lowest BCUT2D eigenvalue weighted by atomic mass is 9.97. The van der Waals surface area contributed by atoms with Crippen LogP contribution in [0.2, 0.25) is 0 Å². The number of carbonyl (C=O) groups is 1. The van der Waals surface area contributed by atoms with Gasteiger partial charge in [0.2, 0.25) is 11.8 Å². The number of hydrogen-bond acceptors (Lipinski definition) is 7. The smallest absolute Gasteiger partial charge is 0.244 e. The highest BCUT2D eigenvalue weighted by Crippen LogP contribution is 2.26. The van der Waals surface area contributed by atoms with Crippen molar-refractivity contribution in [2.75, 3.05) is 13.1 Å². The molecule has 2 aromatic rings.